The van der Waals surface area contributed by atoms with Gasteiger partial charge in [-0.05, 0) is 60.7 Å². The van der Waals surface area contributed by atoms with E-state index in [-0.39, 0.29) is 11.6 Å². The van der Waals surface area contributed by atoms with E-state index in [1.807, 2.05) is 41.0 Å². The average Bonchev–Trinajstić information content (AvgIpc) is 3.22. The fraction of sp³-hybridized carbons (Fsp3) is 0.200. The number of hydrogen-bond acceptors (Lipinski definition) is 5. The molecule has 0 bridgehead atoms. The molecule has 0 N–H and O–H groups in total. The van der Waals surface area contributed by atoms with Crippen molar-refractivity contribution in [2.75, 3.05) is 14.2 Å². The van der Waals surface area contributed by atoms with E-state index < -0.39 is 0 Å². The number of hydrogen-bond donors (Lipinski definition) is 0. The first-order valence-corrected chi connectivity index (χ1v) is 12.8. The number of fused-ring (bicyclic) bond motifs is 3. The number of rotatable bonds is 4. The summed E-state index contributed by atoms with van der Waals surface area (Å²) in [7, 11) is 3.32. The first-order valence-electron chi connectivity index (χ1n) is 12.0. The molecule has 180 valence electrons. The van der Waals surface area contributed by atoms with Crippen LogP contribution in [0.4, 0.5) is 0 Å². The van der Waals surface area contributed by atoms with Crippen LogP contribution in [0.15, 0.2) is 82.1 Å². The molecule has 2 aliphatic rings. The number of benzene rings is 3. The maximum absolute atomic E-state index is 13.9. The van der Waals surface area contributed by atoms with Crippen LogP contribution in [-0.4, -0.2) is 18.8 Å². The van der Waals surface area contributed by atoms with E-state index in [9.17, 15) is 4.79 Å². The Labute approximate surface area is 213 Å². The Hall–Kier alpha value is -3.90. The lowest BCUT2D eigenvalue weighted by molar-refractivity contribution is 0.392. The van der Waals surface area contributed by atoms with Crippen LogP contribution < -0.4 is 24.4 Å². The van der Waals surface area contributed by atoms with Crippen LogP contribution in [0.1, 0.15) is 40.3 Å². The zero-order valence-corrected chi connectivity index (χ0v) is 21.3. The fourth-order valence-corrected chi connectivity index (χ4v) is 6.17. The van der Waals surface area contributed by atoms with Gasteiger partial charge in [-0.15, -0.1) is 0 Å². The van der Waals surface area contributed by atoms with Gasteiger partial charge in [0.25, 0.3) is 5.56 Å². The predicted molar refractivity (Wildman–Crippen MR) is 143 cm³/mol. The summed E-state index contributed by atoms with van der Waals surface area (Å²) in [5, 5.41) is 0. The Morgan fingerprint density at radius 3 is 2.58 bits per heavy atom. The topological polar surface area (TPSA) is 52.8 Å². The first kappa shape index (κ1) is 22.6. The normalized spacial score (nSPS) is 16.6. The minimum Gasteiger partial charge on any atom is -0.497 e. The summed E-state index contributed by atoms with van der Waals surface area (Å²) in [6.45, 7) is 2.06. The van der Waals surface area contributed by atoms with E-state index in [2.05, 4.69) is 43.3 Å². The van der Waals surface area contributed by atoms with Crippen LogP contribution in [0.25, 0.3) is 11.8 Å². The quantitative estimate of drug-likeness (QED) is 0.415. The molecule has 0 amide bonds. The molecule has 0 spiro atoms. The highest BCUT2D eigenvalue weighted by molar-refractivity contribution is 7.07. The molecule has 0 saturated carbocycles. The second-order valence-corrected chi connectivity index (χ2v) is 10.1. The Morgan fingerprint density at radius 2 is 1.81 bits per heavy atom. The summed E-state index contributed by atoms with van der Waals surface area (Å²) in [6.07, 6.45) is 3.68. The number of nitrogens with zero attached hydrogens (tertiary/aromatic N) is 2. The van der Waals surface area contributed by atoms with Crippen molar-refractivity contribution in [2.45, 2.75) is 25.8 Å². The molecule has 0 radical (unpaired) electrons. The van der Waals surface area contributed by atoms with Crippen molar-refractivity contribution in [1.29, 1.82) is 0 Å². The lowest BCUT2D eigenvalue weighted by Gasteiger charge is -2.31. The zero-order valence-electron chi connectivity index (χ0n) is 20.4. The molecule has 6 heteroatoms. The lowest BCUT2D eigenvalue weighted by atomic mass is 9.83. The summed E-state index contributed by atoms with van der Waals surface area (Å²) < 4.78 is 13.9. The van der Waals surface area contributed by atoms with E-state index in [0.29, 0.717) is 9.33 Å². The third-order valence-electron chi connectivity index (χ3n) is 6.98. The summed E-state index contributed by atoms with van der Waals surface area (Å²) in [4.78, 5) is 19.7. The Kier molecular flexibility index (Phi) is 5.61. The summed E-state index contributed by atoms with van der Waals surface area (Å²) >= 11 is 1.44. The third kappa shape index (κ3) is 3.69. The minimum atomic E-state index is -0.324. The van der Waals surface area contributed by atoms with E-state index in [1.165, 1.54) is 22.5 Å². The molecule has 1 atom stereocenters. The molecule has 5 nitrogen and oxygen atoms in total. The second kappa shape index (κ2) is 8.95. The van der Waals surface area contributed by atoms with Crippen LogP contribution in [0.5, 0.6) is 11.5 Å². The minimum absolute atomic E-state index is 0.0420. The van der Waals surface area contributed by atoms with Gasteiger partial charge in [-0.25, -0.2) is 4.99 Å². The predicted octanol–water partition coefficient (Wildman–Crippen LogP) is 4.64. The van der Waals surface area contributed by atoms with Crippen LogP contribution in [0.2, 0.25) is 0 Å². The largest absolute Gasteiger partial charge is 0.497 e. The molecule has 1 aromatic heterocycles. The van der Waals surface area contributed by atoms with Gasteiger partial charge in [0.15, 0.2) is 4.80 Å². The highest BCUT2D eigenvalue weighted by Gasteiger charge is 2.34. The molecule has 0 fully saturated rings. The van der Waals surface area contributed by atoms with E-state index >= 15 is 0 Å². The molecular formula is C30H26N2O3S. The van der Waals surface area contributed by atoms with Crippen molar-refractivity contribution in [3.05, 3.63) is 120 Å². The van der Waals surface area contributed by atoms with Gasteiger partial charge in [0.1, 0.15) is 11.5 Å². The molecule has 1 aliphatic heterocycles. The number of ether oxygens (including phenoxy) is 2. The summed E-state index contributed by atoms with van der Waals surface area (Å²) in [5.74, 6) is 1.45. The van der Waals surface area contributed by atoms with Gasteiger partial charge in [-0.2, -0.15) is 0 Å². The van der Waals surface area contributed by atoms with Gasteiger partial charge in [0, 0.05) is 11.1 Å². The summed E-state index contributed by atoms with van der Waals surface area (Å²) in [6, 6.07) is 22.1. The van der Waals surface area contributed by atoms with Crippen LogP contribution in [0.3, 0.4) is 0 Å². The smallest absolute Gasteiger partial charge is 0.271 e. The first-order chi connectivity index (χ1) is 17.6. The molecule has 0 saturated heterocycles. The molecule has 36 heavy (non-hydrogen) atoms. The van der Waals surface area contributed by atoms with Gasteiger partial charge in [-0.1, -0.05) is 65.4 Å². The number of methoxy groups -OCH3 is 2. The van der Waals surface area contributed by atoms with E-state index in [0.717, 1.165) is 52.3 Å². The average molecular weight is 495 g/mol. The Balaban J connectivity index is 1.65. The standard InChI is InChI=1S/C30H26N2O3S/c1-18-8-10-19(11-9-18)16-26-29(33)32-28(24-17-21(34-2)13-15-25(24)35-3)23-14-12-20-6-4-5-7-22(20)27(23)31-30(32)36-26/h4-11,13,15-17,28H,12,14H2,1-3H3. The molecule has 4 aromatic rings. The molecule has 1 aliphatic carbocycles. The molecule has 6 rings (SSSR count). The van der Waals surface area contributed by atoms with Crippen molar-refractivity contribution >= 4 is 23.1 Å². The van der Waals surface area contributed by atoms with Crippen molar-refractivity contribution in [1.82, 2.24) is 4.57 Å². The molecule has 1 unspecified atom stereocenters. The van der Waals surface area contributed by atoms with Gasteiger partial charge in [0.2, 0.25) is 0 Å². The molecule has 3 aromatic carbocycles. The maximum Gasteiger partial charge on any atom is 0.271 e. The zero-order chi connectivity index (χ0) is 24.8. The van der Waals surface area contributed by atoms with Crippen molar-refractivity contribution < 1.29 is 9.47 Å². The number of aryl methyl sites for hydroxylation is 2. The highest BCUT2D eigenvalue weighted by atomic mass is 32.1. The van der Waals surface area contributed by atoms with Crippen LogP contribution >= 0.6 is 11.3 Å². The maximum atomic E-state index is 13.9. The monoisotopic (exact) mass is 494 g/mol. The molecular weight excluding hydrogens is 468 g/mol. The number of thiazole rings is 1. The van der Waals surface area contributed by atoms with E-state index in [1.54, 1.807) is 14.2 Å². The SMILES string of the molecule is COc1ccc(OC)c(C2C3=C(N=c4sc(=Cc5ccc(C)cc5)c(=O)n42)c2ccccc2CC3)c1. The van der Waals surface area contributed by atoms with Crippen LogP contribution in [-0.2, 0) is 6.42 Å². The van der Waals surface area contributed by atoms with Gasteiger partial charge in [0.05, 0.1) is 30.5 Å². The van der Waals surface area contributed by atoms with E-state index in [4.69, 9.17) is 14.5 Å². The summed E-state index contributed by atoms with van der Waals surface area (Å²) in [5.41, 5.74) is 7.57. The van der Waals surface area contributed by atoms with Gasteiger partial charge >= 0.3 is 0 Å². The van der Waals surface area contributed by atoms with Gasteiger partial charge in [-0.3, -0.25) is 9.36 Å². The second-order valence-electron chi connectivity index (χ2n) is 9.13. The highest BCUT2D eigenvalue weighted by Crippen LogP contribution is 2.44. The Morgan fingerprint density at radius 1 is 1.00 bits per heavy atom. The lowest BCUT2D eigenvalue weighted by Crippen LogP contribution is -2.39. The van der Waals surface area contributed by atoms with Crippen LogP contribution in [0, 0.1) is 6.92 Å². The molecule has 2 heterocycles. The third-order valence-corrected chi connectivity index (χ3v) is 7.96. The number of aromatic nitrogens is 1. The van der Waals surface area contributed by atoms with Crippen molar-refractivity contribution in [2.24, 2.45) is 4.99 Å². The Bertz CT molecular complexity index is 1690. The fourth-order valence-electron chi connectivity index (χ4n) is 5.17. The van der Waals surface area contributed by atoms with Crippen molar-refractivity contribution in [3.8, 4) is 11.5 Å². The van der Waals surface area contributed by atoms with Gasteiger partial charge < -0.3 is 9.47 Å². The van der Waals surface area contributed by atoms with Crippen molar-refractivity contribution in [3.63, 3.8) is 0 Å². The number of allylic oxidation sites excluding steroid dienone is 1.